The highest BCUT2D eigenvalue weighted by atomic mass is 32.2. The summed E-state index contributed by atoms with van der Waals surface area (Å²) >= 11 is 0. The van der Waals surface area contributed by atoms with Crippen molar-refractivity contribution in [2.45, 2.75) is 62.7 Å². The molecule has 0 bridgehead atoms. The standard InChI is InChI=1S/C25H36FN3O4S/c26-22-7-9-23(10-8-22)34(32,33)29-14-12-21(13-15-29)25(31)28-18-16-27(17-19-28)24(30)11-6-20-4-2-1-3-5-20/h7-10,20-21H,1-6,11-19H2. The first kappa shape index (κ1) is 25.1. The molecule has 0 atom stereocenters. The normalized spacial score (nSPS) is 21.6. The number of nitrogens with zero attached hydrogens (tertiary/aromatic N) is 3. The molecule has 34 heavy (non-hydrogen) atoms. The third-order valence-electron chi connectivity index (χ3n) is 7.69. The summed E-state index contributed by atoms with van der Waals surface area (Å²) in [5, 5.41) is 0. The first-order chi connectivity index (χ1) is 16.3. The van der Waals surface area contributed by atoms with E-state index in [0.717, 1.165) is 18.6 Å². The monoisotopic (exact) mass is 493 g/mol. The number of amides is 2. The fourth-order valence-corrected chi connectivity index (χ4v) is 6.96. The SMILES string of the molecule is O=C(CCC1CCCCC1)N1CCN(C(=O)C2CCN(S(=O)(=O)c3ccc(F)cc3)CC2)CC1. The number of sulfonamides is 1. The second-order valence-corrected chi connectivity index (χ2v) is 11.8. The average molecular weight is 494 g/mol. The zero-order chi connectivity index (χ0) is 24.1. The lowest BCUT2D eigenvalue weighted by Gasteiger charge is -2.38. The van der Waals surface area contributed by atoms with E-state index in [-0.39, 0.29) is 35.7 Å². The van der Waals surface area contributed by atoms with Crippen LogP contribution in [0.3, 0.4) is 0 Å². The predicted molar refractivity (Wildman–Crippen MR) is 127 cm³/mol. The minimum absolute atomic E-state index is 0.0631. The van der Waals surface area contributed by atoms with E-state index in [4.69, 9.17) is 0 Å². The zero-order valence-corrected chi connectivity index (χ0v) is 20.6. The van der Waals surface area contributed by atoms with Crippen LogP contribution < -0.4 is 0 Å². The fourth-order valence-electron chi connectivity index (χ4n) is 5.49. The van der Waals surface area contributed by atoms with E-state index < -0.39 is 15.8 Å². The Bertz CT molecular complexity index is 947. The minimum atomic E-state index is -3.69. The van der Waals surface area contributed by atoms with Crippen molar-refractivity contribution in [3.63, 3.8) is 0 Å². The second kappa shape index (κ2) is 11.2. The van der Waals surface area contributed by atoms with Crippen LogP contribution in [0.25, 0.3) is 0 Å². The molecule has 0 N–H and O–H groups in total. The third kappa shape index (κ3) is 5.97. The molecule has 0 radical (unpaired) electrons. The number of carbonyl (C=O) groups is 2. The molecule has 9 heteroatoms. The molecular weight excluding hydrogens is 457 g/mol. The maximum atomic E-state index is 13.1. The number of hydrogen-bond acceptors (Lipinski definition) is 4. The van der Waals surface area contributed by atoms with Crippen LogP contribution in [0.1, 0.15) is 57.8 Å². The Morgan fingerprint density at radius 2 is 1.41 bits per heavy atom. The Morgan fingerprint density at radius 3 is 2.03 bits per heavy atom. The highest BCUT2D eigenvalue weighted by Crippen LogP contribution is 2.28. The van der Waals surface area contributed by atoms with Gasteiger partial charge in [0.2, 0.25) is 21.8 Å². The van der Waals surface area contributed by atoms with Crippen LogP contribution in [-0.2, 0) is 19.6 Å². The number of rotatable bonds is 6. The van der Waals surface area contributed by atoms with Gasteiger partial charge < -0.3 is 9.80 Å². The van der Waals surface area contributed by atoms with E-state index in [1.165, 1.54) is 48.5 Å². The highest BCUT2D eigenvalue weighted by molar-refractivity contribution is 7.89. The van der Waals surface area contributed by atoms with Crippen LogP contribution in [0, 0.1) is 17.7 Å². The minimum Gasteiger partial charge on any atom is -0.339 e. The van der Waals surface area contributed by atoms with Crippen molar-refractivity contribution in [1.82, 2.24) is 14.1 Å². The molecule has 2 amide bonds. The number of hydrogen-bond donors (Lipinski definition) is 0. The summed E-state index contributed by atoms with van der Waals surface area (Å²) in [5.41, 5.74) is 0. The molecule has 0 aromatic heterocycles. The molecule has 1 aliphatic carbocycles. The maximum Gasteiger partial charge on any atom is 0.243 e. The molecule has 0 spiro atoms. The van der Waals surface area contributed by atoms with Crippen LogP contribution in [0.2, 0.25) is 0 Å². The summed E-state index contributed by atoms with van der Waals surface area (Å²) in [6, 6.07) is 4.84. The molecule has 3 fully saturated rings. The molecule has 1 aromatic rings. The Morgan fingerprint density at radius 1 is 0.824 bits per heavy atom. The van der Waals surface area contributed by atoms with E-state index in [1.54, 1.807) is 0 Å². The lowest BCUT2D eigenvalue weighted by atomic mass is 9.86. The van der Waals surface area contributed by atoms with Gasteiger partial charge in [0.05, 0.1) is 4.90 Å². The van der Waals surface area contributed by atoms with Crippen LogP contribution in [-0.4, -0.2) is 73.6 Å². The summed E-state index contributed by atoms with van der Waals surface area (Å²) in [7, 11) is -3.69. The zero-order valence-electron chi connectivity index (χ0n) is 19.8. The Kier molecular flexibility index (Phi) is 8.24. The van der Waals surface area contributed by atoms with E-state index >= 15 is 0 Å². The van der Waals surface area contributed by atoms with Crippen molar-refractivity contribution < 1.29 is 22.4 Å². The van der Waals surface area contributed by atoms with E-state index in [2.05, 4.69) is 0 Å². The molecule has 0 unspecified atom stereocenters. The second-order valence-electron chi connectivity index (χ2n) is 9.88. The van der Waals surface area contributed by atoms with E-state index in [0.29, 0.717) is 51.4 Å². The third-order valence-corrected chi connectivity index (χ3v) is 9.60. The van der Waals surface area contributed by atoms with Crippen molar-refractivity contribution in [3.8, 4) is 0 Å². The van der Waals surface area contributed by atoms with Gasteiger partial charge in [-0.1, -0.05) is 32.1 Å². The molecule has 1 saturated carbocycles. The quantitative estimate of drug-likeness (QED) is 0.610. The van der Waals surface area contributed by atoms with Gasteiger partial charge in [-0.2, -0.15) is 4.31 Å². The first-order valence-electron chi connectivity index (χ1n) is 12.7. The first-order valence-corrected chi connectivity index (χ1v) is 14.1. The predicted octanol–water partition coefficient (Wildman–Crippen LogP) is 3.26. The largest absolute Gasteiger partial charge is 0.339 e. The molecule has 188 valence electrons. The van der Waals surface area contributed by atoms with Crippen molar-refractivity contribution in [1.29, 1.82) is 0 Å². The van der Waals surface area contributed by atoms with Crippen LogP contribution in [0.15, 0.2) is 29.2 Å². The topological polar surface area (TPSA) is 78.0 Å². The lowest BCUT2D eigenvalue weighted by Crippen LogP contribution is -2.53. The lowest BCUT2D eigenvalue weighted by molar-refractivity contribution is -0.143. The van der Waals surface area contributed by atoms with Crippen molar-refractivity contribution in [2.24, 2.45) is 11.8 Å². The fraction of sp³-hybridized carbons (Fsp3) is 0.680. The highest BCUT2D eigenvalue weighted by Gasteiger charge is 2.35. The van der Waals surface area contributed by atoms with Crippen LogP contribution in [0.5, 0.6) is 0 Å². The van der Waals surface area contributed by atoms with Gasteiger partial charge in [0.15, 0.2) is 0 Å². The van der Waals surface area contributed by atoms with Gasteiger partial charge in [-0.15, -0.1) is 0 Å². The van der Waals surface area contributed by atoms with Gasteiger partial charge in [-0.25, -0.2) is 12.8 Å². The van der Waals surface area contributed by atoms with Gasteiger partial charge >= 0.3 is 0 Å². The van der Waals surface area contributed by atoms with Gasteiger partial charge in [0, 0.05) is 51.6 Å². The van der Waals surface area contributed by atoms with Crippen molar-refractivity contribution in [3.05, 3.63) is 30.1 Å². The van der Waals surface area contributed by atoms with Crippen LogP contribution in [0.4, 0.5) is 4.39 Å². The summed E-state index contributed by atoms with van der Waals surface area (Å²) in [6.45, 7) is 2.79. The molecule has 2 saturated heterocycles. The number of benzene rings is 1. The summed E-state index contributed by atoms with van der Waals surface area (Å²) < 4.78 is 40.1. The number of carbonyl (C=O) groups excluding carboxylic acids is 2. The Labute approximate surface area is 202 Å². The van der Waals surface area contributed by atoms with Gasteiger partial charge in [-0.05, 0) is 49.4 Å². The molecule has 2 aliphatic heterocycles. The van der Waals surface area contributed by atoms with E-state index in [9.17, 15) is 22.4 Å². The molecule has 2 heterocycles. The number of halogens is 1. The maximum absolute atomic E-state index is 13.1. The Hall–Kier alpha value is -2.00. The van der Waals surface area contributed by atoms with Gasteiger partial charge in [-0.3, -0.25) is 9.59 Å². The van der Waals surface area contributed by atoms with Crippen LogP contribution >= 0.6 is 0 Å². The number of piperidine rings is 1. The number of piperazine rings is 1. The van der Waals surface area contributed by atoms with Gasteiger partial charge in [0.25, 0.3) is 0 Å². The summed E-state index contributed by atoms with van der Waals surface area (Å²) in [5.74, 6) is 0.283. The van der Waals surface area contributed by atoms with Crippen molar-refractivity contribution >= 4 is 21.8 Å². The molecular formula is C25H36FN3O4S. The smallest absolute Gasteiger partial charge is 0.243 e. The molecule has 3 aliphatic rings. The van der Waals surface area contributed by atoms with Gasteiger partial charge in [0.1, 0.15) is 5.82 Å². The molecule has 7 nitrogen and oxygen atoms in total. The summed E-state index contributed by atoms with van der Waals surface area (Å²) in [6.07, 6.45) is 8.94. The summed E-state index contributed by atoms with van der Waals surface area (Å²) in [4.78, 5) is 29.5. The molecule has 4 rings (SSSR count). The average Bonchev–Trinajstić information content (AvgIpc) is 2.88. The van der Waals surface area contributed by atoms with E-state index in [1.807, 2.05) is 9.80 Å². The van der Waals surface area contributed by atoms with Crippen molar-refractivity contribution in [2.75, 3.05) is 39.3 Å². The molecule has 1 aromatic carbocycles. The Balaban J connectivity index is 1.21.